The lowest BCUT2D eigenvalue weighted by molar-refractivity contribution is -0.129. The summed E-state index contributed by atoms with van der Waals surface area (Å²) in [4.78, 5) is 33.6. The van der Waals surface area contributed by atoms with Crippen LogP contribution in [0, 0.1) is 23.2 Å². The van der Waals surface area contributed by atoms with Crippen molar-refractivity contribution in [2.45, 2.75) is 32.4 Å². The predicted molar refractivity (Wildman–Crippen MR) is 129 cm³/mol. The summed E-state index contributed by atoms with van der Waals surface area (Å²) in [7, 11) is 0. The Labute approximate surface area is 197 Å². The molecule has 174 valence electrons. The molecule has 2 aliphatic heterocycles. The van der Waals surface area contributed by atoms with E-state index in [4.69, 9.17) is 0 Å². The van der Waals surface area contributed by atoms with E-state index < -0.39 is 11.6 Å². The minimum Gasteiger partial charge on any atom is -0.389 e. The van der Waals surface area contributed by atoms with Gasteiger partial charge in [0.1, 0.15) is 6.04 Å². The maximum Gasteiger partial charge on any atom is 0.252 e. The summed E-state index contributed by atoms with van der Waals surface area (Å²) in [6.45, 7) is 7.28. The minimum atomic E-state index is -0.717. The molecule has 0 spiro atoms. The zero-order chi connectivity index (χ0) is 23.8. The molecule has 1 aromatic carbocycles. The number of aliphatic hydroxyl groups is 1. The van der Waals surface area contributed by atoms with Gasteiger partial charge in [-0.2, -0.15) is 5.26 Å². The molecule has 2 fully saturated rings. The Hall–Kier alpha value is -2.83. The van der Waals surface area contributed by atoms with Crippen molar-refractivity contribution in [3.63, 3.8) is 0 Å². The highest BCUT2D eigenvalue weighted by molar-refractivity contribution is 7.99. The quantitative estimate of drug-likeness (QED) is 0.710. The van der Waals surface area contributed by atoms with Crippen LogP contribution in [0.15, 0.2) is 30.5 Å². The summed E-state index contributed by atoms with van der Waals surface area (Å²) in [5.41, 5.74) is 1.40. The van der Waals surface area contributed by atoms with Crippen LogP contribution in [0.5, 0.6) is 0 Å². The van der Waals surface area contributed by atoms with Crippen LogP contribution in [-0.2, 0) is 4.79 Å². The number of anilines is 1. The molecule has 2 amide bonds. The molecule has 2 N–H and O–H groups in total. The van der Waals surface area contributed by atoms with Crippen molar-refractivity contribution in [3.05, 3.63) is 36.0 Å². The van der Waals surface area contributed by atoms with Gasteiger partial charge in [0.15, 0.2) is 0 Å². The maximum absolute atomic E-state index is 13.0. The number of carbonyl (C=O) groups is 2. The number of aromatic nitrogens is 1. The highest BCUT2D eigenvalue weighted by Crippen LogP contribution is 2.35. The van der Waals surface area contributed by atoms with Crippen molar-refractivity contribution in [1.29, 1.82) is 5.26 Å². The van der Waals surface area contributed by atoms with Crippen molar-refractivity contribution >= 4 is 40.2 Å². The summed E-state index contributed by atoms with van der Waals surface area (Å²) < 4.78 is 0. The smallest absolute Gasteiger partial charge is 0.252 e. The van der Waals surface area contributed by atoms with Gasteiger partial charge in [0.25, 0.3) is 5.91 Å². The highest BCUT2D eigenvalue weighted by atomic mass is 32.2. The van der Waals surface area contributed by atoms with E-state index in [1.165, 1.54) is 16.7 Å². The number of nitrogens with one attached hydrogen (secondary N) is 1. The van der Waals surface area contributed by atoms with Crippen LogP contribution in [0.25, 0.3) is 10.9 Å². The fourth-order valence-electron chi connectivity index (χ4n) is 4.48. The number of piperidine rings is 1. The fourth-order valence-corrected chi connectivity index (χ4v) is 5.58. The largest absolute Gasteiger partial charge is 0.389 e. The molecule has 0 bridgehead atoms. The van der Waals surface area contributed by atoms with E-state index in [0.29, 0.717) is 41.2 Å². The molecule has 0 saturated carbocycles. The second-order valence-electron chi connectivity index (χ2n) is 9.18. The topological polar surface area (TPSA) is 110 Å². The van der Waals surface area contributed by atoms with Crippen LogP contribution in [0.2, 0.25) is 0 Å². The Morgan fingerprint density at radius 2 is 2.03 bits per heavy atom. The third-order valence-corrected chi connectivity index (χ3v) is 8.08. The molecule has 3 heterocycles. The molecule has 0 aliphatic carbocycles. The molecular weight excluding hydrogens is 438 g/mol. The summed E-state index contributed by atoms with van der Waals surface area (Å²) in [6, 6.07) is 9.19. The summed E-state index contributed by atoms with van der Waals surface area (Å²) >= 11 is 1.53. The summed E-state index contributed by atoms with van der Waals surface area (Å²) in [6.07, 6.45) is 1.59. The Bertz CT molecular complexity index is 1100. The number of pyridine rings is 1. The number of amides is 2. The van der Waals surface area contributed by atoms with Gasteiger partial charge in [-0.05, 0) is 31.2 Å². The van der Waals surface area contributed by atoms with Crippen LogP contribution in [0.3, 0.4) is 0 Å². The van der Waals surface area contributed by atoms with Crippen molar-refractivity contribution in [2.75, 3.05) is 36.2 Å². The van der Waals surface area contributed by atoms with Crippen LogP contribution >= 0.6 is 11.8 Å². The third kappa shape index (κ3) is 4.50. The summed E-state index contributed by atoms with van der Waals surface area (Å²) in [5, 5.41) is 23.3. The lowest BCUT2D eigenvalue weighted by atomic mass is 9.76. The van der Waals surface area contributed by atoms with Crippen LogP contribution in [0.4, 0.5) is 5.69 Å². The van der Waals surface area contributed by atoms with E-state index in [9.17, 15) is 20.0 Å². The highest BCUT2D eigenvalue weighted by Gasteiger charge is 2.40. The fraction of sp³-hybridized carbons (Fsp3) is 0.500. The number of nitriles is 1. The third-order valence-electron chi connectivity index (χ3n) is 7.07. The van der Waals surface area contributed by atoms with E-state index in [1.54, 1.807) is 12.3 Å². The Morgan fingerprint density at radius 1 is 1.30 bits per heavy atom. The second kappa shape index (κ2) is 9.20. The molecule has 2 unspecified atom stereocenters. The van der Waals surface area contributed by atoms with Crippen molar-refractivity contribution < 1.29 is 14.7 Å². The number of hydrogen-bond donors (Lipinski definition) is 2. The molecule has 8 nitrogen and oxygen atoms in total. The van der Waals surface area contributed by atoms with E-state index >= 15 is 0 Å². The van der Waals surface area contributed by atoms with Crippen LogP contribution in [-0.4, -0.2) is 69.7 Å². The minimum absolute atomic E-state index is 0.0978. The van der Waals surface area contributed by atoms with Crippen molar-refractivity contribution in [1.82, 2.24) is 15.2 Å². The van der Waals surface area contributed by atoms with Gasteiger partial charge in [-0.3, -0.25) is 14.6 Å². The molecule has 4 rings (SSSR count). The van der Waals surface area contributed by atoms with Crippen molar-refractivity contribution in [2.24, 2.45) is 11.8 Å². The van der Waals surface area contributed by atoms with Gasteiger partial charge in [-0.15, -0.1) is 11.8 Å². The van der Waals surface area contributed by atoms with E-state index in [0.717, 1.165) is 5.69 Å². The van der Waals surface area contributed by atoms with E-state index in [2.05, 4.69) is 35.1 Å². The number of rotatable bonds is 4. The lowest BCUT2D eigenvalue weighted by Crippen LogP contribution is -2.54. The van der Waals surface area contributed by atoms with Gasteiger partial charge in [-0.25, -0.2) is 0 Å². The number of fused-ring (bicyclic) bond motifs is 1. The first-order valence-electron chi connectivity index (χ1n) is 11.1. The maximum atomic E-state index is 13.0. The normalized spacial score (nSPS) is 27.4. The lowest BCUT2D eigenvalue weighted by Gasteiger charge is -2.46. The molecule has 2 saturated heterocycles. The van der Waals surface area contributed by atoms with Gasteiger partial charge in [0.2, 0.25) is 5.91 Å². The Balaban J connectivity index is 1.53. The molecule has 0 radical (unpaired) electrons. The Kier molecular flexibility index (Phi) is 6.50. The van der Waals surface area contributed by atoms with Gasteiger partial charge in [0, 0.05) is 47.9 Å². The van der Waals surface area contributed by atoms with E-state index in [1.807, 2.05) is 25.1 Å². The first-order valence-corrected chi connectivity index (χ1v) is 12.3. The first-order chi connectivity index (χ1) is 15.7. The molecule has 2 aromatic rings. The number of benzene rings is 1. The van der Waals surface area contributed by atoms with Gasteiger partial charge in [0.05, 0.1) is 35.2 Å². The standard InChI is InChI=1S/C24H29N5O3S/c1-15-11-28(12-16(2)24(15,3)32)17-4-5-21-20(8-17)19(6-7-26-21)23(31)27-10-22(30)29-14-33-13-18(29)9-25/h4-8,15-16,18,32H,10-14H2,1-3H3,(H,27,31)/t15?,16?,18-,24?/m1/s1. The SMILES string of the molecule is CC1CN(c2ccc3nccc(C(=O)NCC(=O)N4CSC[C@H]4C#N)c3c2)CC(C)C1(C)O. The molecule has 3 atom stereocenters. The number of nitrogens with zero attached hydrogens (tertiary/aromatic N) is 4. The second-order valence-corrected chi connectivity index (χ2v) is 10.2. The Morgan fingerprint density at radius 3 is 2.73 bits per heavy atom. The average Bonchev–Trinajstić information content (AvgIpc) is 3.29. The van der Waals surface area contributed by atoms with Gasteiger partial charge >= 0.3 is 0 Å². The average molecular weight is 468 g/mol. The molecule has 9 heteroatoms. The zero-order valence-electron chi connectivity index (χ0n) is 19.1. The summed E-state index contributed by atoms with van der Waals surface area (Å²) in [5.74, 6) is 0.644. The van der Waals surface area contributed by atoms with Gasteiger partial charge < -0.3 is 20.2 Å². The molecule has 33 heavy (non-hydrogen) atoms. The first kappa shape index (κ1) is 23.3. The molecule has 1 aromatic heterocycles. The van der Waals surface area contributed by atoms with Gasteiger partial charge in [-0.1, -0.05) is 13.8 Å². The molecule has 2 aliphatic rings. The zero-order valence-corrected chi connectivity index (χ0v) is 19.9. The number of hydrogen-bond acceptors (Lipinski definition) is 7. The molecular formula is C24H29N5O3S. The van der Waals surface area contributed by atoms with E-state index in [-0.39, 0.29) is 30.2 Å². The number of thioether (sulfide) groups is 1. The monoisotopic (exact) mass is 467 g/mol. The number of carbonyl (C=O) groups excluding carboxylic acids is 2. The predicted octanol–water partition coefficient (Wildman–Crippen LogP) is 2.23. The van der Waals surface area contributed by atoms with Crippen LogP contribution < -0.4 is 10.2 Å². The van der Waals surface area contributed by atoms with Crippen molar-refractivity contribution in [3.8, 4) is 6.07 Å². The van der Waals surface area contributed by atoms with Crippen LogP contribution in [0.1, 0.15) is 31.1 Å².